The lowest BCUT2D eigenvalue weighted by Gasteiger charge is -2.05. The first-order valence-electron chi connectivity index (χ1n) is 6.93. The predicted molar refractivity (Wildman–Crippen MR) is 74.8 cm³/mol. The predicted octanol–water partition coefficient (Wildman–Crippen LogP) is 1.27. The van der Waals surface area contributed by atoms with Gasteiger partial charge in [0.2, 0.25) is 5.91 Å². The first kappa shape index (κ1) is 14.0. The van der Waals surface area contributed by atoms with Crippen molar-refractivity contribution in [2.45, 2.75) is 18.8 Å². The van der Waals surface area contributed by atoms with Crippen molar-refractivity contribution in [2.24, 2.45) is 11.7 Å². The summed E-state index contributed by atoms with van der Waals surface area (Å²) in [5.41, 5.74) is 6.59. The van der Waals surface area contributed by atoms with Gasteiger partial charge in [0.05, 0.1) is 6.61 Å². The van der Waals surface area contributed by atoms with E-state index in [0.29, 0.717) is 32.2 Å². The number of nitrogens with two attached hydrogens (primary N) is 1. The maximum absolute atomic E-state index is 11.9. The Bertz CT molecular complexity index is 394. The Hall–Kier alpha value is -1.39. The number of benzene rings is 1. The Morgan fingerprint density at radius 3 is 2.84 bits per heavy atom. The Morgan fingerprint density at radius 2 is 2.11 bits per heavy atom. The van der Waals surface area contributed by atoms with Crippen LogP contribution in [-0.4, -0.2) is 32.2 Å². The molecule has 2 atom stereocenters. The molecule has 1 aromatic rings. The molecule has 0 radical (unpaired) electrons. The summed E-state index contributed by atoms with van der Waals surface area (Å²) in [5, 5.41) is 2.97. The van der Waals surface area contributed by atoms with Crippen LogP contribution in [0, 0.1) is 5.92 Å². The zero-order chi connectivity index (χ0) is 13.5. The number of carbonyl (C=O) groups excluding carboxylic acids is 1. The maximum atomic E-state index is 11.9. The molecule has 3 N–H and O–H groups in total. The summed E-state index contributed by atoms with van der Waals surface area (Å²) < 4.78 is 5.25. The first-order chi connectivity index (χ1) is 9.33. The number of amides is 1. The standard InChI is InChI=1S/C15H22N2O2/c16-7-10-19-9-4-8-17-15(18)14-11-13(14)12-5-2-1-3-6-12/h1-3,5-6,13-14H,4,7-11,16H2,(H,17,18). The Labute approximate surface area is 114 Å². The van der Waals surface area contributed by atoms with Crippen LogP contribution in [0.3, 0.4) is 0 Å². The molecule has 1 aliphatic carbocycles. The maximum Gasteiger partial charge on any atom is 0.223 e. The molecule has 0 saturated heterocycles. The van der Waals surface area contributed by atoms with Crippen molar-refractivity contribution < 1.29 is 9.53 Å². The Balaban J connectivity index is 1.61. The van der Waals surface area contributed by atoms with E-state index in [-0.39, 0.29) is 11.8 Å². The van der Waals surface area contributed by atoms with Crippen LogP contribution < -0.4 is 11.1 Å². The average molecular weight is 262 g/mol. The van der Waals surface area contributed by atoms with E-state index < -0.39 is 0 Å². The van der Waals surface area contributed by atoms with Crippen molar-refractivity contribution in [1.29, 1.82) is 0 Å². The summed E-state index contributed by atoms with van der Waals surface area (Å²) in [6.45, 7) is 2.48. The minimum Gasteiger partial charge on any atom is -0.380 e. The molecule has 0 aromatic heterocycles. The molecular formula is C15H22N2O2. The van der Waals surface area contributed by atoms with E-state index in [9.17, 15) is 4.79 Å². The smallest absolute Gasteiger partial charge is 0.223 e. The van der Waals surface area contributed by atoms with Crippen LogP contribution in [0.4, 0.5) is 0 Å². The average Bonchev–Trinajstić information content (AvgIpc) is 3.24. The van der Waals surface area contributed by atoms with Crippen molar-refractivity contribution in [3.63, 3.8) is 0 Å². The SMILES string of the molecule is NCCOCCCNC(=O)C1CC1c1ccccc1. The van der Waals surface area contributed by atoms with Crippen molar-refractivity contribution in [3.05, 3.63) is 35.9 Å². The van der Waals surface area contributed by atoms with E-state index in [4.69, 9.17) is 10.5 Å². The number of hydrogen-bond donors (Lipinski definition) is 2. The molecule has 4 heteroatoms. The van der Waals surface area contributed by atoms with Gasteiger partial charge < -0.3 is 15.8 Å². The molecule has 4 nitrogen and oxygen atoms in total. The Kier molecular flexibility index (Phi) is 5.36. The zero-order valence-electron chi connectivity index (χ0n) is 11.2. The highest BCUT2D eigenvalue weighted by Gasteiger charge is 2.43. The van der Waals surface area contributed by atoms with Gasteiger partial charge in [-0.1, -0.05) is 30.3 Å². The molecule has 1 aliphatic rings. The van der Waals surface area contributed by atoms with E-state index in [0.717, 1.165) is 12.8 Å². The minimum atomic E-state index is 0.160. The quantitative estimate of drug-likeness (QED) is 0.693. The highest BCUT2D eigenvalue weighted by molar-refractivity contribution is 5.82. The van der Waals surface area contributed by atoms with Crippen molar-refractivity contribution >= 4 is 5.91 Å². The van der Waals surface area contributed by atoms with Gasteiger partial charge in [-0.2, -0.15) is 0 Å². The fraction of sp³-hybridized carbons (Fsp3) is 0.533. The lowest BCUT2D eigenvalue weighted by molar-refractivity contribution is -0.122. The van der Waals surface area contributed by atoms with Crippen molar-refractivity contribution in [1.82, 2.24) is 5.32 Å². The zero-order valence-corrected chi connectivity index (χ0v) is 11.2. The summed E-state index contributed by atoms with van der Waals surface area (Å²) >= 11 is 0. The molecule has 0 spiro atoms. The van der Waals surface area contributed by atoms with E-state index >= 15 is 0 Å². The van der Waals surface area contributed by atoms with Crippen LogP contribution in [0.1, 0.15) is 24.3 Å². The van der Waals surface area contributed by atoms with Gasteiger partial charge in [-0.15, -0.1) is 0 Å². The van der Waals surface area contributed by atoms with Gasteiger partial charge in [-0.3, -0.25) is 4.79 Å². The van der Waals surface area contributed by atoms with Crippen LogP contribution in [0.25, 0.3) is 0 Å². The number of ether oxygens (including phenoxy) is 1. The largest absolute Gasteiger partial charge is 0.380 e. The molecule has 19 heavy (non-hydrogen) atoms. The highest BCUT2D eigenvalue weighted by Crippen LogP contribution is 2.47. The van der Waals surface area contributed by atoms with Gasteiger partial charge in [-0.05, 0) is 24.3 Å². The number of hydrogen-bond acceptors (Lipinski definition) is 3. The molecule has 1 amide bonds. The third-order valence-corrected chi connectivity index (χ3v) is 3.38. The van der Waals surface area contributed by atoms with Gasteiger partial charge in [0.15, 0.2) is 0 Å². The summed E-state index contributed by atoms with van der Waals surface area (Å²) in [4.78, 5) is 11.9. The third kappa shape index (κ3) is 4.33. The molecular weight excluding hydrogens is 240 g/mol. The molecule has 0 heterocycles. The van der Waals surface area contributed by atoms with Gasteiger partial charge >= 0.3 is 0 Å². The Morgan fingerprint density at radius 1 is 1.32 bits per heavy atom. The van der Waals surface area contributed by atoms with Gasteiger partial charge in [0.1, 0.15) is 0 Å². The molecule has 2 unspecified atom stereocenters. The van der Waals surface area contributed by atoms with Crippen LogP contribution in [0.2, 0.25) is 0 Å². The van der Waals surface area contributed by atoms with Crippen LogP contribution in [-0.2, 0) is 9.53 Å². The lowest BCUT2D eigenvalue weighted by atomic mass is 10.1. The fourth-order valence-electron chi connectivity index (χ4n) is 2.26. The van der Waals surface area contributed by atoms with Crippen molar-refractivity contribution in [3.8, 4) is 0 Å². The summed E-state index contributed by atoms with van der Waals surface area (Å²) in [7, 11) is 0. The van der Waals surface area contributed by atoms with Crippen molar-refractivity contribution in [2.75, 3.05) is 26.3 Å². The van der Waals surface area contributed by atoms with Crippen LogP contribution >= 0.6 is 0 Å². The molecule has 0 aliphatic heterocycles. The van der Waals surface area contributed by atoms with Gasteiger partial charge in [0.25, 0.3) is 0 Å². The third-order valence-electron chi connectivity index (χ3n) is 3.38. The van der Waals surface area contributed by atoms with Gasteiger partial charge in [0, 0.05) is 25.6 Å². The topological polar surface area (TPSA) is 64.3 Å². The molecule has 104 valence electrons. The fourth-order valence-corrected chi connectivity index (χ4v) is 2.26. The lowest BCUT2D eigenvalue weighted by Crippen LogP contribution is -2.27. The summed E-state index contributed by atoms with van der Waals surface area (Å²) in [5.74, 6) is 0.745. The normalized spacial score (nSPS) is 21.1. The number of nitrogens with one attached hydrogen (secondary N) is 1. The number of rotatable bonds is 8. The van der Waals surface area contributed by atoms with Gasteiger partial charge in [-0.25, -0.2) is 0 Å². The van der Waals surface area contributed by atoms with Crippen LogP contribution in [0.5, 0.6) is 0 Å². The molecule has 1 saturated carbocycles. The van der Waals surface area contributed by atoms with E-state index in [2.05, 4.69) is 17.4 Å². The summed E-state index contributed by atoms with van der Waals surface area (Å²) in [6, 6.07) is 10.2. The first-order valence-corrected chi connectivity index (χ1v) is 6.93. The van der Waals surface area contributed by atoms with E-state index in [1.807, 2.05) is 18.2 Å². The second kappa shape index (κ2) is 7.26. The molecule has 2 rings (SSSR count). The second-order valence-corrected chi connectivity index (χ2v) is 4.91. The summed E-state index contributed by atoms with van der Waals surface area (Å²) in [6.07, 6.45) is 1.81. The van der Waals surface area contributed by atoms with E-state index in [1.165, 1.54) is 5.56 Å². The second-order valence-electron chi connectivity index (χ2n) is 4.91. The molecule has 1 fully saturated rings. The minimum absolute atomic E-state index is 0.160. The monoisotopic (exact) mass is 262 g/mol. The number of carbonyl (C=O) groups is 1. The highest BCUT2D eigenvalue weighted by atomic mass is 16.5. The van der Waals surface area contributed by atoms with E-state index in [1.54, 1.807) is 0 Å². The molecule has 1 aromatic carbocycles. The van der Waals surface area contributed by atoms with Crippen LogP contribution in [0.15, 0.2) is 30.3 Å². The molecule has 0 bridgehead atoms.